The Bertz CT molecular complexity index is 1370. The van der Waals surface area contributed by atoms with Gasteiger partial charge in [0, 0.05) is 35.4 Å². The zero-order valence-corrected chi connectivity index (χ0v) is 21.9. The van der Waals surface area contributed by atoms with Crippen LogP contribution < -0.4 is 24.3 Å². The van der Waals surface area contributed by atoms with Crippen molar-refractivity contribution in [3.05, 3.63) is 95.0 Å². The van der Waals surface area contributed by atoms with Crippen molar-refractivity contribution in [2.45, 2.75) is 5.75 Å². The Balaban J connectivity index is 1.79. The van der Waals surface area contributed by atoms with Gasteiger partial charge in [0.15, 0.2) is 15.6 Å². The third-order valence-corrected chi connectivity index (χ3v) is 6.65. The van der Waals surface area contributed by atoms with E-state index in [9.17, 15) is 13.2 Å². The molecule has 0 heterocycles. The lowest BCUT2D eigenvalue weighted by Gasteiger charge is -2.12. The van der Waals surface area contributed by atoms with E-state index in [1.807, 2.05) is 6.07 Å². The van der Waals surface area contributed by atoms with Gasteiger partial charge in [-0.25, -0.2) is 8.42 Å². The summed E-state index contributed by atoms with van der Waals surface area (Å²) in [6.07, 6.45) is 4.33. The van der Waals surface area contributed by atoms with Crippen molar-refractivity contribution < 1.29 is 32.2 Å². The number of carbonyl (C=O) groups excluding carboxylic acids is 1. The van der Waals surface area contributed by atoms with E-state index in [0.29, 0.717) is 45.4 Å². The van der Waals surface area contributed by atoms with E-state index < -0.39 is 9.84 Å². The smallest absolute Gasteiger partial charge is 0.187 e. The summed E-state index contributed by atoms with van der Waals surface area (Å²) in [5.74, 6) is 1.43. The largest absolute Gasteiger partial charge is 0.496 e. The first-order valence-electron chi connectivity index (χ1n) is 11.2. The molecule has 3 aromatic carbocycles. The van der Waals surface area contributed by atoms with Crippen LogP contribution in [0.4, 0.5) is 5.69 Å². The number of benzene rings is 3. The minimum Gasteiger partial charge on any atom is -0.496 e. The summed E-state index contributed by atoms with van der Waals surface area (Å²) in [6, 6.07) is 17.2. The first kappa shape index (κ1) is 27.3. The van der Waals surface area contributed by atoms with Gasteiger partial charge in [0.25, 0.3) is 0 Å². The number of allylic oxidation sites excluding steroid dienone is 1. The van der Waals surface area contributed by atoms with Crippen molar-refractivity contribution in [1.82, 2.24) is 0 Å². The number of hydrogen-bond donors (Lipinski definition) is 1. The Hall–Kier alpha value is -4.24. The van der Waals surface area contributed by atoms with Gasteiger partial charge in [-0.1, -0.05) is 36.4 Å². The zero-order valence-electron chi connectivity index (χ0n) is 21.1. The molecule has 0 radical (unpaired) electrons. The minimum atomic E-state index is -3.67. The molecule has 8 nitrogen and oxygen atoms in total. The van der Waals surface area contributed by atoms with E-state index in [0.717, 1.165) is 5.41 Å². The highest BCUT2D eigenvalue weighted by Gasteiger charge is 2.15. The predicted molar refractivity (Wildman–Crippen MR) is 144 cm³/mol. The van der Waals surface area contributed by atoms with Crippen LogP contribution in [0.15, 0.2) is 78.3 Å². The Kier molecular flexibility index (Phi) is 9.34. The van der Waals surface area contributed by atoms with E-state index in [1.54, 1.807) is 54.6 Å². The third kappa shape index (κ3) is 7.37. The highest BCUT2D eigenvalue weighted by molar-refractivity contribution is 7.93. The topological polar surface area (TPSA) is 100 Å². The molecule has 0 atom stereocenters. The second-order valence-corrected chi connectivity index (χ2v) is 9.68. The normalized spacial score (nSPS) is 11.5. The molecule has 0 aromatic heterocycles. The van der Waals surface area contributed by atoms with Gasteiger partial charge >= 0.3 is 0 Å². The zero-order chi connectivity index (χ0) is 26.8. The maximum atomic E-state index is 12.9. The molecule has 3 aromatic rings. The van der Waals surface area contributed by atoms with Gasteiger partial charge < -0.3 is 24.3 Å². The average molecular weight is 524 g/mol. The summed E-state index contributed by atoms with van der Waals surface area (Å²) in [5.41, 5.74) is 2.09. The van der Waals surface area contributed by atoms with Gasteiger partial charge in [0.2, 0.25) is 0 Å². The second-order valence-electron chi connectivity index (χ2n) is 7.80. The van der Waals surface area contributed by atoms with Gasteiger partial charge in [-0.15, -0.1) is 0 Å². The van der Waals surface area contributed by atoms with Crippen molar-refractivity contribution in [3.63, 3.8) is 0 Å². The average Bonchev–Trinajstić information content (AvgIpc) is 2.91. The number of anilines is 1. The molecule has 0 saturated carbocycles. The number of methoxy groups -OCH3 is 4. The van der Waals surface area contributed by atoms with Gasteiger partial charge in [0.05, 0.1) is 45.4 Å². The van der Waals surface area contributed by atoms with E-state index in [1.165, 1.54) is 46.8 Å². The quantitative estimate of drug-likeness (QED) is 0.258. The van der Waals surface area contributed by atoms with Gasteiger partial charge in [-0.05, 0) is 23.8 Å². The number of ketones is 1. The molecule has 0 unspecified atom stereocenters. The first-order chi connectivity index (χ1) is 17.8. The van der Waals surface area contributed by atoms with Crippen molar-refractivity contribution in [2.24, 2.45) is 0 Å². The molecule has 1 N–H and O–H groups in total. The van der Waals surface area contributed by atoms with Crippen LogP contribution in [-0.4, -0.2) is 42.6 Å². The van der Waals surface area contributed by atoms with E-state index in [-0.39, 0.29) is 11.5 Å². The third-order valence-electron chi connectivity index (χ3n) is 5.36. The van der Waals surface area contributed by atoms with Gasteiger partial charge in [-0.2, -0.15) is 0 Å². The molecule has 0 spiro atoms. The monoisotopic (exact) mass is 523 g/mol. The summed E-state index contributed by atoms with van der Waals surface area (Å²) in [4.78, 5) is 12.3. The van der Waals surface area contributed by atoms with Crippen LogP contribution >= 0.6 is 0 Å². The van der Waals surface area contributed by atoms with Crippen LogP contribution in [-0.2, 0) is 15.6 Å². The number of carbonyl (C=O) groups is 1. The fourth-order valence-corrected chi connectivity index (χ4v) is 4.60. The molecule has 0 saturated heterocycles. The van der Waals surface area contributed by atoms with Crippen LogP contribution in [0.2, 0.25) is 0 Å². The van der Waals surface area contributed by atoms with Gasteiger partial charge in [-0.3, -0.25) is 4.79 Å². The van der Waals surface area contributed by atoms with Crippen LogP contribution in [0.3, 0.4) is 0 Å². The summed E-state index contributed by atoms with van der Waals surface area (Å²) in [6.45, 7) is 0. The van der Waals surface area contributed by atoms with Crippen molar-refractivity contribution in [2.75, 3.05) is 33.8 Å². The number of nitrogens with one attached hydrogen (secondary N) is 1. The standard InChI is InChI=1S/C28H29NO7S/c1-33-22-17-27(35-3)23(28(18-22)36-4)13-15-37(31,32)19-20-10-11-26(34-2)24(16-20)29-14-12-25(30)21-8-6-5-7-9-21/h5-18,29H,19H2,1-4H3/b14-12+,15-13+. The predicted octanol–water partition coefficient (Wildman–Crippen LogP) is 5.12. The van der Waals surface area contributed by atoms with Crippen molar-refractivity contribution >= 4 is 27.4 Å². The highest BCUT2D eigenvalue weighted by atomic mass is 32.2. The van der Waals surface area contributed by atoms with Crippen molar-refractivity contribution in [1.29, 1.82) is 0 Å². The molecule has 0 bridgehead atoms. The SMILES string of the molecule is COc1cc(OC)c(/C=C/S(=O)(=O)Cc2ccc(OC)c(N/C=C/C(=O)c3ccccc3)c2)c(OC)c1. The number of sulfone groups is 1. The summed E-state index contributed by atoms with van der Waals surface area (Å²) in [5, 5.41) is 4.13. The highest BCUT2D eigenvalue weighted by Crippen LogP contribution is 2.35. The summed E-state index contributed by atoms with van der Waals surface area (Å²) >= 11 is 0. The molecular weight excluding hydrogens is 494 g/mol. The minimum absolute atomic E-state index is 0.166. The Morgan fingerprint density at radius 2 is 1.49 bits per heavy atom. The number of rotatable bonds is 12. The van der Waals surface area contributed by atoms with Crippen LogP contribution in [0.25, 0.3) is 6.08 Å². The fraction of sp³-hybridized carbons (Fsp3) is 0.179. The lowest BCUT2D eigenvalue weighted by molar-refractivity contribution is 0.104. The molecule has 9 heteroatoms. The lowest BCUT2D eigenvalue weighted by atomic mass is 10.1. The van der Waals surface area contributed by atoms with Gasteiger partial charge in [0.1, 0.15) is 23.0 Å². The van der Waals surface area contributed by atoms with Crippen LogP contribution in [0.5, 0.6) is 23.0 Å². The molecule has 0 amide bonds. The first-order valence-corrected chi connectivity index (χ1v) is 12.9. The summed E-state index contributed by atoms with van der Waals surface area (Å²) < 4.78 is 47.2. The molecule has 3 rings (SSSR count). The molecule has 0 fully saturated rings. The molecular formula is C28H29NO7S. The Morgan fingerprint density at radius 3 is 2.08 bits per heavy atom. The van der Waals surface area contributed by atoms with Crippen molar-refractivity contribution in [3.8, 4) is 23.0 Å². The molecule has 0 aliphatic heterocycles. The fourth-order valence-electron chi connectivity index (χ4n) is 3.51. The summed E-state index contributed by atoms with van der Waals surface area (Å²) in [7, 11) is 2.32. The maximum Gasteiger partial charge on any atom is 0.187 e. The molecule has 0 aliphatic carbocycles. The maximum absolute atomic E-state index is 12.9. The molecule has 37 heavy (non-hydrogen) atoms. The van der Waals surface area contributed by atoms with E-state index >= 15 is 0 Å². The second kappa shape index (κ2) is 12.6. The van der Waals surface area contributed by atoms with E-state index in [2.05, 4.69) is 5.32 Å². The van der Waals surface area contributed by atoms with Crippen LogP contribution in [0, 0.1) is 0 Å². The lowest BCUT2D eigenvalue weighted by Crippen LogP contribution is -2.02. The van der Waals surface area contributed by atoms with Crippen LogP contribution in [0.1, 0.15) is 21.5 Å². The van der Waals surface area contributed by atoms with E-state index in [4.69, 9.17) is 18.9 Å². The molecule has 194 valence electrons. The Labute approximate surface area is 217 Å². The number of hydrogen-bond acceptors (Lipinski definition) is 8. The Morgan fingerprint density at radius 1 is 0.838 bits per heavy atom. The molecule has 0 aliphatic rings. The number of ether oxygens (including phenoxy) is 4.